The fourth-order valence-corrected chi connectivity index (χ4v) is 2.08. The molecule has 1 saturated heterocycles. The lowest BCUT2D eigenvalue weighted by Gasteiger charge is -2.14. The van der Waals surface area contributed by atoms with E-state index in [0.717, 1.165) is 11.4 Å². The zero-order chi connectivity index (χ0) is 15.3. The van der Waals surface area contributed by atoms with Crippen LogP contribution in [0.25, 0.3) is 0 Å². The number of halogens is 1. The highest BCUT2D eigenvalue weighted by molar-refractivity contribution is 6.30. The van der Waals surface area contributed by atoms with Crippen molar-refractivity contribution in [3.8, 4) is 0 Å². The predicted octanol–water partition coefficient (Wildman–Crippen LogP) is 3.01. The molecule has 1 aliphatic heterocycles. The first kappa shape index (κ1) is 16.3. The maximum atomic E-state index is 11.8. The Balaban J connectivity index is 1.63. The third-order valence-corrected chi connectivity index (χ3v) is 3.56. The van der Waals surface area contributed by atoms with E-state index < -0.39 is 5.60 Å². The maximum absolute atomic E-state index is 11.8. The van der Waals surface area contributed by atoms with Gasteiger partial charge in [-0.3, -0.25) is 0 Å². The minimum atomic E-state index is -0.759. The highest BCUT2D eigenvalue weighted by Crippen LogP contribution is 2.32. The molecule has 0 aliphatic carbocycles. The van der Waals surface area contributed by atoms with Gasteiger partial charge < -0.3 is 14.2 Å². The molecule has 0 spiro atoms. The molecule has 116 valence electrons. The van der Waals surface area contributed by atoms with Gasteiger partial charge in [0, 0.05) is 11.4 Å². The van der Waals surface area contributed by atoms with Crippen LogP contribution in [-0.2, 0) is 25.4 Å². The Labute approximate surface area is 130 Å². The molecule has 1 heterocycles. The van der Waals surface area contributed by atoms with Crippen LogP contribution in [0.1, 0.15) is 25.8 Å². The number of esters is 1. The predicted molar refractivity (Wildman–Crippen MR) is 80.5 cm³/mol. The van der Waals surface area contributed by atoms with E-state index >= 15 is 0 Å². The molecule has 1 atom stereocenters. The van der Waals surface area contributed by atoms with E-state index in [1.165, 1.54) is 5.56 Å². The van der Waals surface area contributed by atoms with Crippen molar-refractivity contribution in [3.05, 3.63) is 34.9 Å². The number of carbonyl (C=O) groups excluding carboxylic acids is 1. The van der Waals surface area contributed by atoms with Crippen molar-refractivity contribution < 1.29 is 19.0 Å². The van der Waals surface area contributed by atoms with Crippen molar-refractivity contribution in [2.75, 3.05) is 19.8 Å². The van der Waals surface area contributed by atoms with Crippen molar-refractivity contribution in [2.45, 2.75) is 38.4 Å². The molecule has 1 unspecified atom stereocenters. The summed E-state index contributed by atoms with van der Waals surface area (Å²) in [5.74, 6) is -0.279. The highest BCUT2D eigenvalue weighted by atomic mass is 35.5. The molecule has 1 aliphatic rings. The number of hydrogen-bond acceptors (Lipinski definition) is 4. The Morgan fingerprint density at radius 3 is 2.57 bits per heavy atom. The standard InChI is InChI=1S/C16H21ClO4/c1-12(2)21-15(18)16(11-20-16)8-10-19-9-7-13-3-5-14(17)6-4-13/h3-6,12H,7-11H2,1-2H3. The molecule has 0 radical (unpaired) electrons. The van der Waals surface area contributed by atoms with Crippen LogP contribution in [-0.4, -0.2) is 37.5 Å². The number of ether oxygens (including phenoxy) is 3. The van der Waals surface area contributed by atoms with E-state index in [1.54, 1.807) is 0 Å². The van der Waals surface area contributed by atoms with Crippen molar-refractivity contribution in [3.63, 3.8) is 0 Å². The number of carbonyl (C=O) groups is 1. The van der Waals surface area contributed by atoms with E-state index in [1.807, 2.05) is 38.1 Å². The van der Waals surface area contributed by atoms with Gasteiger partial charge in [-0.2, -0.15) is 0 Å². The Kier molecular flexibility index (Phi) is 5.62. The summed E-state index contributed by atoms with van der Waals surface area (Å²) in [5, 5.41) is 0.733. The SMILES string of the molecule is CC(C)OC(=O)C1(CCOCCc2ccc(Cl)cc2)CO1. The van der Waals surface area contributed by atoms with E-state index in [9.17, 15) is 4.79 Å². The van der Waals surface area contributed by atoms with E-state index in [4.69, 9.17) is 25.8 Å². The van der Waals surface area contributed by atoms with Crippen LogP contribution in [0.3, 0.4) is 0 Å². The van der Waals surface area contributed by atoms with Crippen molar-refractivity contribution in [1.82, 2.24) is 0 Å². The fourth-order valence-electron chi connectivity index (χ4n) is 1.95. The van der Waals surface area contributed by atoms with Gasteiger partial charge >= 0.3 is 5.97 Å². The Bertz CT molecular complexity index is 466. The number of epoxide rings is 1. The largest absolute Gasteiger partial charge is 0.461 e. The van der Waals surface area contributed by atoms with Crippen LogP contribution in [0.15, 0.2) is 24.3 Å². The van der Waals surface area contributed by atoms with Gasteiger partial charge in [-0.25, -0.2) is 4.79 Å². The molecular weight excluding hydrogens is 292 g/mol. The molecule has 2 rings (SSSR count). The quantitative estimate of drug-likeness (QED) is 0.420. The summed E-state index contributed by atoms with van der Waals surface area (Å²) in [6.07, 6.45) is 1.24. The summed E-state index contributed by atoms with van der Waals surface area (Å²) < 4.78 is 16.0. The van der Waals surface area contributed by atoms with Gasteiger partial charge in [-0.1, -0.05) is 23.7 Å². The molecule has 0 bridgehead atoms. The number of benzene rings is 1. The summed E-state index contributed by atoms with van der Waals surface area (Å²) in [6.45, 7) is 5.18. The average molecular weight is 313 g/mol. The van der Waals surface area contributed by atoms with Crippen molar-refractivity contribution in [1.29, 1.82) is 0 Å². The zero-order valence-corrected chi connectivity index (χ0v) is 13.2. The van der Waals surface area contributed by atoms with Gasteiger partial charge in [0.05, 0.1) is 25.9 Å². The van der Waals surface area contributed by atoms with Gasteiger partial charge in [0.15, 0.2) is 5.60 Å². The van der Waals surface area contributed by atoms with Crippen LogP contribution in [0.2, 0.25) is 5.02 Å². The number of rotatable bonds is 8. The monoisotopic (exact) mass is 312 g/mol. The molecule has 0 aromatic heterocycles. The summed E-state index contributed by atoms with van der Waals surface area (Å²) in [6, 6.07) is 7.70. The van der Waals surface area contributed by atoms with Crippen LogP contribution in [0, 0.1) is 0 Å². The van der Waals surface area contributed by atoms with Gasteiger partial charge in [-0.15, -0.1) is 0 Å². The van der Waals surface area contributed by atoms with E-state index in [0.29, 0.717) is 26.2 Å². The van der Waals surface area contributed by atoms with Gasteiger partial charge in [0.1, 0.15) is 0 Å². The smallest absolute Gasteiger partial charge is 0.341 e. The Hall–Kier alpha value is -1.10. The second-order valence-electron chi connectivity index (χ2n) is 5.48. The lowest BCUT2D eigenvalue weighted by molar-refractivity contribution is -0.154. The molecule has 1 aromatic rings. The molecule has 1 aromatic carbocycles. The fraction of sp³-hybridized carbons (Fsp3) is 0.562. The second-order valence-corrected chi connectivity index (χ2v) is 5.91. The topological polar surface area (TPSA) is 48.1 Å². The molecule has 4 nitrogen and oxygen atoms in total. The third-order valence-electron chi connectivity index (χ3n) is 3.31. The van der Waals surface area contributed by atoms with E-state index in [-0.39, 0.29) is 12.1 Å². The third kappa shape index (κ3) is 4.99. The second kappa shape index (κ2) is 7.25. The first-order valence-electron chi connectivity index (χ1n) is 7.19. The lowest BCUT2D eigenvalue weighted by Crippen LogP contribution is -2.30. The van der Waals surface area contributed by atoms with Crippen molar-refractivity contribution in [2.24, 2.45) is 0 Å². The molecule has 1 fully saturated rings. The number of hydrogen-bond donors (Lipinski definition) is 0. The summed E-state index contributed by atoms with van der Waals surface area (Å²) in [5.41, 5.74) is 0.417. The highest BCUT2D eigenvalue weighted by Gasteiger charge is 2.53. The minimum Gasteiger partial charge on any atom is -0.461 e. The minimum absolute atomic E-state index is 0.121. The summed E-state index contributed by atoms with van der Waals surface area (Å²) >= 11 is 5.83. The Morgan fingerprint density at radius 1 is 1.33 bits per heavy atom. The van der Waals surface area contributed by atoms with Crippen LogP contribution in [0.4, 0.5) is 0 Å². The van der Waals surface area contributed by atoms with Crippen LogP contribution >= 0.6 is 11.6 Å². The lowest BCUT2D eigenvalue weighted by atomic mass is 10.1. The van der Waals surface area contributed by atoms with Gasteiger partial charge in [-0.05, 0) is 38.0 Å². The van der Waals surface area contributed by atoms with Crippen LogP contribution < -0.4 is 0 Å². The van der Waals surface area contributed by atoms with E-state index in [2.05, 4.69) is 0 Å². The summed E-state index contributed by atoms with van der Waals surface area (Å²) in [4.78, 5) is 11.8. The van der Waals surface area contributed by atoms with Gasteiger partial charge in [0.2, 0.25) is 0 Å². The normalized spacial score (nSPS) is 20.6. The van der Waals surface area contributed by atoms with Crippen molar-refractivity contribution >= 4 is 17.6 Å². The average Bonchev–Trinajstić information content (AvgIpc) is 3.21. The first-order valence-corrected chi connectivity index (χ1v) is 7.57. The first-order chi connectivity index (χ1) is 10.0. The maximum Gasteiger partial charge on any atom is 0.341 e. The van der Waals surface area contributed by atoms with Gasteiger partial charge in [0.25, 0.3) is 0 Å². The molecule has 5 heteroatoms. The Morgan fingerprint density at radius 2 is 2.00 bits per heavy atom. The molecular formula is C16H21ClO4. The molecule has 0 saturated carbocycles. The zero-order valence-electron chi connectivity index (χ0n) is 12.4. The van der Waals surface area contributed by atoms with Crippen LogP contribution in [0.5, 0.6) is 0 Å². The molecule has 21 heavy (non-hydrogen) atoms. The molecule has 0 amide bonds. The molecule has 0 N–H and O–H groups in total. The summed E-state index contributed by atoms with van der Waals surface area (Å²) in [7, 11) is 0.